The second kappa shape index (κ2) is 10.1. The average Bonchev–Trinajstić information content (AvgIpc) is 3.12. The van der Waals surface area contributed by atoms with E-state index < -0.39 is 0 Å². The van der Waals surface area contributed by atoms with Crippen molar-refractivity contribution in [3.05, 3.63) is 57.8 Å². The molecule has 25 heavy (non-hydrogen) atoms. The van der Waals surface area contributed by atoms with Crippen molar-refractivity contribution in [2.75, 3.05) is 19.6 Å². The van der Waals surface area contributed by atoms with Gasteiger partial charge in [0.1, 0.15) is 0 Å². The van der Waals surface area contributed by atoms with Gasteiger partial charge in [-0.1, -0.05) is 30.3 Å². The first-order chi connectivity index (χ1) is 11.7. The van der Waals surface area contributed by atoms with Crippen molar-refractivity contribution in [3.63, 3.8) is 0 Å². The van der Waals surface area contributed by atoms with E-state index in [1.54, 1.807) is 11.3 Å². The zero-order valence-corrected chi connectivity index (χ0v) is 17.8. The van der Waals surface area contributed by atoms with Crippen LogP contribution in [-0.2, 0) is 19.4 Å². The third-order valence-electron chi connectivity index (χ3n) is 4.57. The first-order valence-electron chi connectivity index (χ1n) is 8.59. The number of hydrogen-bond acceptors (Lipinski definition) is 3. The van der Waals surface area contributed by atoms with Crippen LogP contribution in [-0.4, -0.2) is 36.5 Å². The van der Waals surface area contributed by atoms with Crippen LogP contribution in [0.25, 0.3) is 0 Å². The van der Waals surface area contributed by atoms with E-state index in [1.807, 2.05) is 0 Å². The van der Waals surface area contributed by atoms with Crippen molar-refractivity contribution in [3.8, 4) is 0 Å². The van der Waals surface area contributed by atoms with Crippen LogP contribution in [0.2, 0.25) is 0 Å². The first kappa shape index (κ1) is 20.2. The molecule has 3 N–H and O–H groups in total. The molecule has 3 rings (SSSR count). The zero-order valence-electron chi connectivity index (χ0n) is 14.6. The van der Waals surface area contributed by atoms with E-state index >= 15 is 0 Å². The van der Waals surface area contributed by atoms with Crippen molar-refractivity contribution in [2.45, 2.75) is 32.4 Å². The third-order valence-corrected chi connectivity index (χ3v) is 5.50. The van der Waals surface area contributed by atoms with Gasteiger partial charge in [0.15, 0.2) is 5.96 Å². The summed E-state index contributed by atoms with van der Waals surface area (Å²) in [6.45, 7) is 5.91. The predicted molar refractivity (Wildman–Crippen MR) is 118 cm³/mol. The van der Waals surface area contributed by atoms with Gasteiger partial charge in [0.25, 0.3) is 0 Å². The molecule has 1 aromatic heterocycles. The Labute approximate surface area is 171 Å². The molecule has 0 amide bonds. The van der Waals surface area contributed by atoms with Crippen LogP contribution in [0.1, 0.15) is 22.9 Å². The summed E-state index contributed by atoms with van der Waals surface area (Å²) in [5, 5.41) is 5.31. The average molecular weight is 470 g/mol. The summed E-state index contributed by atoms with van der Waals surface area (Å²) in [7, 11) is 0. The predicted octanol–water partition coefficient (Wildman–Crippen LogP) is 3.26. The summed E-state index contributed by atoms with van der Waals surface area (Å²) in [5.41, 5.74) is 8.92. The van der Waals surface area contributed by atoms with Crippen molar-refractivity contribution in [2.24, 2.45) is 10.7 Å². The largest absolute Gasteiger partial charge is 0.370 e. The highest BCUT2D eigenvalue weighted by molar-refractivity contribution is 14.0. The van der Waals surface area contributed by atoms with E-state index in [1.165, 1.54) is 16.0 Å². The summed E-state index contributed by atoms with van der Waals surface area (Å²) >= 11 is 1.78. The second-order valence-corrected chi connectivity index (χ2v) is 7.35. The number of rotatable bonds is 6. The van der Waals surface area contributed by atoms with Crippen molar-refractivity contribution < 1.29 is 0 Å². The topological polar surface area (TPSA) is 53.6 Å². The van der Waals surface area contributed by atoms with Gasteiger partial charge in [0.05, 0.1) is 6.54 Å². The SMILES string of the molecule is CC(CN=C(N)NCCc1cccs1)N1CCc2ccccc2C1.I. The molecule has 1 aromatic carbocycles. The number of aliphatic imine (C=N–C) groups is 1. The second-order valence-electron chi connectivity index (χ2n) is 6.32. The summed E-state index contributed by atoms with van der Waals surface area (Å²) in [6.07, 6.45) is 2.12. The summed E-state index contributed by atoms with van der Waals surface area (Å²) in [5.74, 6) is 0.552. The summed E-state index contributed by atoms with van der Waals surface area (Å²) in [6, 6.07) is 13.4. The molecule has 1 aliphatic heterocycles. The number of guanidine groups is 1. The Kier molecular flexibility index (Phi) is 8.18. The number of nitrogens with two attached hydrogens (primary N) is 1. The van der Waals surface area contributed by atoms with Crippen molar-refractivity contribution >= 4 is 41.3 Å². The maximum absolute atomic E-state index is 5.99. The zero-order chi connectivity index (χ0) is 16.8. The molecule has 136 valence electrons. The first-order valence-corrected chi connectivity index (χ1v) is 9.47. The molecule has 2 heterocycles. The van der Waals surface area contributed by atoms with Gasteiger partial charge >= 0.3 is 0 Å². The lowest BCUT2D eigenvalue weighted by atomic mass is 9.99. The Hall–Kier alpha value is -1.12. The van der Waals surface area contributed by atoms with E-state index in [0.29, 0.717) is 12.0 Å². The number of benzene rings is 1. The Morgan fingerprint density at radius 2 is 2.08 bits per heavy atom. The van der Waals surface area contributed by atoms with Gasteiger partial charge in [-0.2, -0.15) is 0 Å². The lowest BCUT2D eigenvalue weighted by Crippen LogP contribution is -2.40. The molecular formula is C19H27IN4S. The van der Waals surface area contributed by atoms with Gasteiger partial charge < -0.3 is 11.1 Å². The maximum Gasteiger partial charge on any atom is 0.188 e. The summed E-state index contributed by atoms with van der Waals surface area (Å²) < 4.78 is 0. The lowest BCUT2D eigenvalue weighted by Gasteiger charge is -2.33. The van der Waals surface area contributed by atoms with Crippen LogP contribution in [0.3, 0.4) is 0 Å². The molecule has 4 nitrogen and oxygen atoms in total. The maximum atomic E-state index is 5.99. The van der Waals surface area contributed by atoms with Crippen molar-refractivity contribution in [1.29, 1.82) is 0 Å². The molecule has 0 radical (unpaired) electrons. The summed E-state index contributed by atoms with van der Waals surface area (Å²) in [4.78, 5) is 8.38. The Morgan fingerprint density at radius 3 is 2.84 bits per heavy atom. The number of nitrogens with one attached hydrogen (secondary N) is 1. The monoisotopic (exact) mass is 470 g/mol. The third kappa shape index (κ3) is 5.97. The minimum atomic E-state index is 0. The highest BCUT2D eigenvalue weighted by Gasteiger charge is 2.19. The molecule has 0 bridgehead atoms. The Morgan fingerprint density at radius 1 is 1.28 bits per heavy atom. The number of thiophene rings is 1. The molecule has 0 aliphatic carbocycles. The fourth-order valence-electron chi connectivity index (χ4n) is 3.06. The van der Waals surface area contributed by atoms with Gasteiger partial charge in [-0.15, -0.1) is 35.3 Å². The Bertz CT molecular complexity index is 672. The van der Waals surface area contributed by atoms with E-state index in [2.05, 4.69) is 63.9 Å². The van der Waals surface area contributed by atoms with Gasteiger partial charge in [-0.3, -0.25) is 9.89 Å². The number of fused-ring (bicyclic) bond motifs is 1. The Balaban J connectivity index is 0.00000225. The quantitative estimate of drug-likeness (QED) is 0.387. The van der Waals surface area contributed by atoms with Gasteiger partial charge in [0.2, 0.25) is 0 Å². The smallest absolute Gasteiger partial charge is 0.188 e. The van der Waals surface area contributed by atoms with Crippen LogP contribution >= 0.6 is 35.3 Å². The van der Waals surface area contributed by atoms with Gasteiger partial charge in [-0.05, 0) is 42.3 Å². The minimum absolute atomic E-state index is 0. The molecule has 1 aliphatic rings. The molecule has 2 aromatic rings. The van der Waals surface area contributed by atoms with E-state index in [0.717, 1.165) is 39.0 Å². The highest BCUT2D eigenvalue weighted by atomic mass is 127. The molecule has 0 saturated carbocycles. The van der Waals surface area contributed by atoms with E-state index in [9.17, 15) is 0 Å². The van der Waals surface area contributed by atoms with Gasteiger partial charge in [0, 0.05) is 30.6 Å². The molecule has 0 fully saturated rings. The minimum Gasteiger partial charge on any atom is -0.370 e. The normalized spacial score (nSPS) is 16.0. The van der Waals surface area contributed by atoms with E-state index in [4.69, 9.17) is 5.73 Å². The number of nitrogens with zero attached hydrogens (tertiary/aromatic N) is 2. The van der Waals surface area contributed by atoms with Crippen LogP contribution < -0.4 is 11.1 Å². The molecule has 1 atom stereocenters. The standard InChI is InChI=1S/C19H26N4S.HI/c1-15(23-11-9-16-5-2-3-6-17(16)14-23)13-22-19(20)21-10-8-18-7-4-12-24-18;/h2-7,12,15H,8-11,13-14H2,1H3,(H3,20,21,22);1H. The fraction of sp³-hybridized carbons (Fsp3) is 0.421. The highest BCUT2D eigenvalue weighted by Crippen LogP contribution is 2.20. The molecular weight excluding hydrogens is 443 g/mol. The van der Waals surface area contributed by atoms with E-state index in [-0.39, 0.29) is 24.0 Å². The molecule has 0 spiro atoms. The molecule has 1 unspecified atom stereocenters. The van der Waals surface area contributed by atoms with Crippen LogP contribution in [0.4, 0.5) is 0 Å². The van der Waals surface area contributed by atoms with Crippen molar-refractivity contribution in [1.82, 2.24) is 10.2 Å². The lowest BCUT2D eigenvalue weighted by molar-refractivity contribution is 0.195. The van der Waals surface area contributed by atoms with Crippen LogP contribution in [0, 0.1) is 0 Å². The number of halogens is 1. The molecule has 6 heteroatoms. The van der Waals surface area contributed by atoms with Gasteiger partial charge in [-0.25, -0.2) is 0 Å². The fourth-order valence-corrected chi connectivity index (χ4v) is 3.77. The number of hydrogen-bond donors (Lipinski definition) is 2. The van der Waals surface area contributed by atoms with Crippen LogP contribution in [0.15, 0.2) is 46.8 Å². The molecule has 0 saturated heterocycles. The van der Waals surface area contributed by atoms with Crippen LogP contribution in [0.5, 0.6) is 0 Å².